The van der Waals surface area contributed by atoms with E-state index < -0.39 is 11.6 Å². The van der Waals surface area contributed by atoms with Gasteiger partial charge in [-0.25, -0.2) is 0 Å². The number of rotatable bonds is 2. The Labute approximate surface area is 132 Å². The first-order valence-corrected chi connectivity index (χ1v) is 7.06. The fourth-order valence-corrected chi connectivity index (χ4v) is 3.04. The molecule has 0 fully saturated rings. The van der Waals surface area contributed by atoms with Crippen molar-refractivity contribution in [1.82, 2.24) is 4.57 Å². The Morgan fingerprint density at radius 1 is 0.957 bits per heavy atom. The van der Waals surface area contributed by atoms with Gasteiger partial charge in [0.1, 0.15) is 0 Å². The van der Waals surface area contributed by atoms with Crippen LogP contribution in [0.25, 0.3) is 10.9 Å². The first-order valence-electron chi connectivity index (χ1n) is 7.06. The SMILES string of the molecule is C#CC(c1ccccc1)(c1cn(C)c2ccccc12)C(F)(F)F. The third-order valence-corrected chi connectivity index (χ3v) is 4.15. The zero-order valence-electron chi connectivity index (χ0n) is 12.4. The van der Waals surface area contributed by atoms with Gasteiger partial charge in [-0.15, -0.1) is 6.42 Å². The molecule has 0 N–H and O–H groups in total. The van der Waals surface area contributed by atoms with Crippen molar-refractivity contribution < 1.29 is 13.2 Å². The molecule has 1 atom stereocenters. The predicted molar refractivity (Wildman–Crippen MR) is 85.0 cm³/mol. The smallest absolute Gasteiger partial charge is 0.350 e. The minimum Gasteiger partial charge on any atom is -0.350 e. The highest BCUT2D eigenvalue weighted by Gasteiger charge is 2.57. The Bertz CT molecular complexity index is 884. The molecule has 0 bridgehead atoms. The van der Waals surface area contributed by atoms with Crippen LogP contribution in [0.5, 0.6) is 0 Å². The zero-order valence-corrected chi connectivity index (χ0v) is 12.4. The predicted octanol–water partition coefficient (Wildman–Crippen LogP) is 4.66. The van der Waals surface area contributed by atoms with Crippen molar-refractivity contribution in [3.05, 3.63) is 71.9 Å². The van der Waals surface area contributed by atoms with Gasteiger partial charge in [0.25, 0.3) is 0 Å². The molecule has 0 aliphatic heterocycles. The Hall–Kier alpha value is -2.67. The molecule has 2 aromatic carbocycles. The Balaban J connectivity index is 2.44. The molecule has 4 heteroatoms. The summed E-state index contributed by atoms with van der Waals surface area (Å²) in [5.74, 6) is 2.06. The topological polar surface area (TPSA) is 4.93 Å². The molecular weight excluding hydrogens is 299 g/mol. The second-order valence-corrected chi connectivity index (χ2v) is 5.43. The molecule has 0 saturated carbocycles. The van der Waals surface area contributed by atoms with E-state index in [-0.39, 0.29) is 11.1 Å². The van der Waals surface area contributed by atoms with E-state index in [9.17, 15) is 13.2 Å². The van der Waals surface area contributed by atoms with Gasteiger partial charge in [0.2, 0.25) is 0 Å². The number of nitrogens with zero attached hydrogens (tertiary/aromatic N) is 1. The largest absolute Gasteiger partial charge is 0.413 e. The van der Waals surface area contributed by atoms with Gasteiger partial charge in [0.15, 0.2) is 5.41 Å². The van der Waals surface area contributed by atoms with Crippen LogP contribution < -0.4 is 0 Å². The van der Waals surface area contributed by atoms with Crippen LogP contribution >= 0.6 is 0 Å². The molecule has 0 spiro atoms. The standard InChI is InChI=1S/C19H14F3N/c1-3-18(19(20,21)22,14-9-5-4-6-10-14)16-13-23(2)17-12-8-7-11-15(16)17/h1,4-13H,2H3. The van der Waals surface area contributed by atoms with Crippen LogP contribution in [-0.2, 0) is 12.5 Å². The lowest BCUT2D eigenvalue weighted by Gasteiger charge is -2.31. The molecule has 0 aliphatic rings. The number of hydrogen-bond acceptors (Lipinski definition) is 0. The summed E-state index contributed by atoms with van der Waals surface area (Å²) in [6.07, 6.45) is 2.34. The maximum Gasteiger partial charge on any atom is 0.413 e. The van der Waals surface area contributed by atoms with Crippen LogP contribution in [-0.4, -0.2) is 10.7 Å². The molecule has 3 rings (SSSR count). The van der Waals surface area contributed by atoms with Gasteiger partial charge < -0.3 is 4.57 Å². The molecule has 23 heavy (non-hydrogen) atoms. The molecule has 116 valence electrons. The second-order valence-electron chi connectivity index (χ2n) is 5.43. The summed E-state index contributed by atoms with van der Waals surface area (Å²) < 4.78 is 44.1. The van der Waals surface area contributed by atoms with Crippen molar-refractivity contribution in [2.24, 2.45) is 7.05 Å². The van der Waals surface area contributed by atoms with Crippen LogP contribution in [0, 0.1) is 12.3 Å². The van der Waals surface area contributed by atoms with Crippen molar-refractivity contribution in [3.8, 4) is 12.3 Å². The summed E-state index contributed by atoms with van der Waals surface area (Å²) in [5.41, 5.74) is -1.64. The van der Waals surface area contributed by atoms with E-state index in [0.717, 1.165) is 0 Å². The van der Waals surface area contributed by atoms with Gasteiger partial charge >= 0.3 is 6.18 Å². The van der Waals surface area contributed by atoms with Crippen molar-refractivity contribution in [2.75, 3.05) is 0 Å². The average Bonchev–Trinajstić information content (AvgIpc) is 2.86. The molecule has 3 aromatic rings. The highest BCUT2D eigenvalue weighted by atomic mass is 19.4. The summed E-state index contributed by atoms with van der Waals surface area (Å²) in [6.45, 7) is 0. The van der Waals surface area contributed by atoms with E-state index in [4.69, 9.17) is 6.42 Å². The van der Waals surface area contributed by atoms with Crippen LogP contribution in [0.1, 0.15) is 11.1 Å². The first-order chi connectivity index (χ1) is 10.9. The van der Waals surface area contributed by atoms with Crippen molar-refractivity contribution in [1.29, 1.82) is 0 Å². The van der Waals surface area contributed by atoms with E-state index >= 15 is 0 Å². The number of terminal acetylenes is 1. The summed E-state index contributed by atoms with van der Waals surface area (Å²) in [6, 6.07) is 14.6. The number of hydrogen-bond donors (Lipinski definition) is 0. The molecule has 0 amide bonds. The minimum atomic E-state index is -4.62. The molecule has 0 aliphatic carbocycles. The quantitative estimate of drug-likeness (QED) is 0.606. The van der Waals surface area contributed by atoms with E-state index in [0.29, 0.717) is 10.9 Å². The van der Waals surface area contributed by atoms with Crippen LogP contribution in [0.3, 0.4) is 0 Å². The van der Waals surface area contributed by atoms with Crippen LogP contribution in [0.2, 0.25) is 0 Å². The maximum absolute atomic E-state index is 14.1. The van der Waals surface area contributed by atoms with Gasteiger partial charge in [-0.05, 0) is 11.6 Å². The van der Waals surface area contributed by atoms with E-state index in [1.807, 2.05) is 0 Å². The Kier molecular flexibility index (Phi) is 3.45. The minimum absolute atomic E-state index is 0.0475. The number of alkyl halides is 3. The number of halogens is 3. The summed E-state index contributed by atoms with van der Waals surface area (Å²) in [5, 5.41) is 0.508. The number of aryl methyl sites for hydroxylation is 1. The molecular formula is C19H14F3N. The number of para-hydroxylation sites is 1. The summed E-state index contributed by atoms with van der Waals surface area (Å²) >= 11 is 0. The van der Waals surface area contributed by atoms with Gasteiger partial charge in [0, 0.05) is 29.7 Å². The normalized spacial score (nSPS) is 14.4. The van der Waals surface area contributed by atoms with E-state index in [2.05, 4.69) is 5.92 Å². The maximum atomic E-state index is 14.1. The molecule has 0 radical (unpaired) electrons. The van der Waals surface area contributed by atoms with Gasteiger partial charge in [-0.1, -0.05) is 54.5 Å². The van der Waals surface area contributed by atoms with E-state index in [1.165, 1.54) is 18.3 Å². The van der Waals surface area contributed by atoms with Crippen molar-refractivity contribution >= 4 is 10.9 Å². The second kappa shape index (κ2) is 5.20. The van der Waals surface area contributed by atoms with Crippen molar-refractivity contribution in [3.63, 3.8) is 0 Å². The molecule has 1 heterocycles. The molecule has 1 aromatic heterocycles. The van der Waals surface area contributed by atoms with Crippen LogP contribution in [0.4, 0.5) is 13.2 Å². The lowest BCUT2D eigenvalue weighted by atomic mass is 9.74. The Morgan fingerprint density at radius 2 is 1.57 bits per heavy atom. The van der Waals surface area contributed by atoms with Crippen molar-refractivity contribution in [2.45, 2.75) is 11.6 Å². The number of fused-ring (bicyclic) bond motifs is 1. The molecule has 1 unspecified atom stereocenters. The monoisotopic (exact) mass is 313 g/mol. The van der Waals surface area contributed by atoms with E-state index in [1.54, 1.807) is 54.1 Å². The third kappa shape index (κ3) is 2.12. The fraction of sp³-hybridized carbons (Fsp3) is 0.158. The third-order valence-electron chi connectivity index (χ3n) is 4.15. The lowest BCUT2D eigenvalue weighted by Crippen LogP contribution is -2.42. The van der Waals surface area contributed by atoms with Gasteiger partial charge in [-0.3, -0.25) is 0 Å². The lowest BCUT2D eigenvalue weighted by molar-refractivity contribution is -0.161. The molecule has 0 saturated heterocycles. The number of benzene rings is 2. The zero-order chi connectivity index (χ0) is 16.7. The average molecular weight is 313 g/mol. The summed E-state index contributed by atoms with van der Waals surface area (Å²) in [7, 11) is 1.72. The highest BCUT2D eigenvalue weighted by molar-refractivity contribution is 5.86. The highest BCUT2D eigenvalue weighted by Crippen LogP contribution is 2.48. The first kappa shape index (κ1) is 15.2. The molecule has 1 nitrogen and oxygen atoms in total. The Morgan fingerprint density at radius 3 is 2.17 bits per heavy atom. The van der Waals surface area contributed by atoms with Gasteiger partial charge in [-0.2, -0.15) is 13.2 Å². The van der Waals surface area contributed by atoms with Gasteiger partial charge in [0.05, 0.1) is 0 Å². The van der Waals surface area contributed by atoms with Crippen LogP contribution in [0.15, 0.2) is 60.8 Å². The summed E-state index contributed by atoms with van der Waals surface area (Å²) in [4.78, 5) is 0. The number of aromatic nitrogens is 1. The fourth-order valence-electron chi connectivity index (χ4n) is 3.04.